The zero-order chi connectivity index (χ0) is 10.7. The van der Waals surface area contributed by atoms with Crippen molar-refractivity contribution in [1.82, 2.24) is 5.32 Å². The van der Waals surface area contributed by atoms with Crippen molar-refractivity contribution >= 4 is 35.0 Å². The molecule has 1 N–H and O–H groups in total. The van der Waals surface area contributed by atoms with E-state index in [-0.39, 0.29) is 0 Å². The molecule has 82 valence electrons. The van der Waals surface area contributed by atoms with E-state index < -0.39 is 0 Å². The topological polar surface area (TPSA) is 12.0 Å². The van der Waals surface area contributed by atoms with Gasteiger partial charge in [0.05, 0.1) is 0 Å². The molecule has 1 aliphatic rings. The van der Waals surface area contributed by atoms with E-state index >= 15 is 0 Å². The van der Waals surface area contributed by atoms with Crippen molar-refractivity contribution in [2.75, 3.05) is 18.8 Å². The first kappa shape index (κ1) is 11.6. The van der Waals surface area contributed by atoms with Gasteiger partial charge in [-0.25, -0.2) is 0 Å². The number of thioether (sulfide) groups is 1. The lowest BCUT2D eigenvalue weighted by Crippen LogP contribution is -2.43. The largest absolute Gasteiger partial charge is 0.316 e. The van der Waals surface area contributed by atoms with Crippen molar-refractivity contribution in [3.63, 3.8) is 0 Å². The SMILES string of the molecule is Clc1ccc(Cl)c(CSCC2CNC2)c1. The lowest BCUT2D eigenvalue weighted by atomic mass is 10.1. The maximum atomic E-state index is 6.08. The molecule has 1 nitrogen and oxygen atoms in total. The Labute approximate surface area is 105 Å². The summed E-state index contributed by atoms with van der Waals surface area (Å²) in [6.45, 7) is 2.33. The van der Waals surface area contributed by atoms with Crippen LogP contribution in [0.25, 0.3) is 0 Å². The highest BCUT2D eigenvalue weighted by molar-refractivity contribution is 7.98. The number of halogens is 2. The summed E-state index contributed by atoms with van der Waals surface area (Å²) in [5, 5.41) is 4.85. The van der Waals surface area contributed by atoms with Gasteiger partial charge in [-0.3, -0.25) is 0 Å². The van der Waals surface area contributed by atoms with Crippen molar-refractivity contribution in [2.24, 2.45) is 5.92 Å². The maximum absolute atomic E-state index is 6.08. The van der Waals surface area contributed by atoms with Gasteiger partial charge in [-0.1, -0.05) is 23.2 Å². The second-order valence-corrected chi connectivity index (χ2v) is 5.65. The van der Waals surface area contributed by atoms with Gasteiger partial charge in [0, 0.05) is 15.8 Å². The maximum Gasteiger partial charge on any atom is 0.0447 e. The Kier molecular flexibility index (Phi) is 4.21. The van der Waals surface area contributed by atoms with Crippen LogP contribution in [0.2, 0.25) is 10.0 Å². The van der Waals surface area contributed by atoms with E-state index in [1.807, 2.05) is 30.0 Å². The van der Waals surface area contributed by atoms with E-state index in [0.717, 1.165) is 40.4 Å². The van der Waals surface area contributed by atoms with Gasteiger partial charge in [-0.2, -0.15) is 11.8 Å². The van der Waals surface area contributed by atoms with Crippen LogP contribution in [0, 0.1) is 5.92 Å². The van der Waals surface area contributed by atoms with Crippen molar-refractivity contribution in [2.45, 2.75) is 5.75 Å². The lowest BCUT2D eigenvalue weighted by Gasteiger charge is -2.26. The molecule has 0 bridgehead atoms. The van der Waals surface area contributed by atoms with Crippen LogP contribution >= 0.6 is 35.0 Å². The van der Waals surface area contributed by atoms with Gasteiger partial charge < -0.3 is 5.32 Å². The van der Waals surface area contributed by atoms with Crippen LogP contribution in [0.15, 0.2) is 18.2 Å². The molecule has 0 aliphatic carbocycles. The summed E-state index contributed by atoms with van der Waals surface area (Å²) in [5.74, 6) is 3.00. The summed E-state index contributed by atoms with van der Waals surface area (Å²) < 4.78 is 0. The second kappa shape index (κ2) is 5.44. The summed E-state index contributed by atoms with van der Waals surface area (Å²) in [6, 6.07) is 5.65. The first-order chi connectivity index (χ1) is 7.25. The molecule has 1 fully saturated rings. The van der Waals surface area contributed by atoms with Crippen LogP contribution in [0.4, 0.5) is 0 Å². The van der Waals surface area contributed by atoms with Gasteiger partial charge in [0.15, 0.2) is 0 Å². The van der Waals surface area contributed by atoms with Crippen LogP contribution in [-0.2, 0) is 5.75 Å². The van der Waals surface area contributed by atoms with Gasteiger partial charge in [-0.15, -0.1) is 0 Å². The summed E-state index contributed by atoms with van der Waals surface area (Å²) in [5.41, 5.74) is 1.14. The number of benzene rings is 1. The Morgan fingerprint density at radius 3 is 2.80 bits per heavy atom. The third-order valence-electron chi connectivity index (χ3n) is 2.48. The molecule has 1 saturated heterocycles. The third kappa shape index (κ3) is 3.28. The first-order valence-corrected chi connectivity index (χ1v) is 6.89. The molecule has 0 amide bonds. The molecule has 4 heteroatoms. The van der Waals surface area contributed by atoms with E-state index in [9.17, 15) is 0 Å². The third-order valence-corrected chi connectivity index (χ3v) is 4.31. The molecule has 2 rings (SSSR count). The Hall–Kier alpha value is 0.110. The quantitative estimate of drug-likeness (QED) is 0.892. The fraction of sp³-hybridized carbons (Fsp3) is 0.455. The van der Waals surface area contributed by atoms with Gasteiger partial charge in [0.2, 0.25) is 0 Å². The Bertz CT molecular complexity index is 339. The number of rotatable bonds is 4. The van der Waals surface area contributed by atoms with Crippen LogP contribution in [-0.4, -0.2) is 18.8 Å². The first-order valence-electron chi connectivity index (χ1n) is 4.98. The summed E-state index contributed by atoms with van der Waals surface area (Å²) in [7, 11) is 0. The second-order valence-electron chi connectivity index (χ2n) is 3.78. The summed E-state index contributed by atoms with van der Waals surface area (Å²) in [6.07, 6.45) is 0. The van der Waals surface area contributed by atoms with Crippen molar-refractivity contribution in [3.8, 4) is 0 Å². The van der Waals surface area contributed by atoms with Crippen LogP contribution in [0.5, 0.6) is 0 Å². The standard InChI is InChI=1S/C11H13Cl2NS/c12-10-1-2-11(13)9(3-10)7-15-6-8-4-14-5-8/h1-3,8,14H,4-7H2. The molecular formula is C11H13Cl2NS. The minimum absolute atomic E-state index is 0.764. The summed E-state index contributed by atoms with van der Waals surface area (Å²) in [4.78, 5) is 0. The van der Waals surface area contributed by atoms with E-state index in [1.165, 1.54) is 5.75 Å². The molecule has 0 aromatic heterocycles. The molecular weight excluding hydrogens is 249 g/mol. The molecule has 1 aromatic carbocycles. The molecule has 15 heavy (non-hydrogen) atoms. The van der Waals surface area contributed by atoms with Crippen LogP contribution < -0.4 is 5.32 Å². The highest BCUT2D eigenvalue weighted by Crippen LogP contribution is 2.25. The van der Waals surface area contributed by atoms with Gasteiger partial charge in [-0.05, 0) is 48.5 Å². The monoisotopic (exact) mass is 261 g/mol. The normalized spacial score (nSPS) is 16.4. The van der Waals surface area contributed by atoms with E-state index in [4.69, 9.17) is 23.2 Å². The zero-order valence-electron chi connectivity index (χ0n) is 8.30. The number of nitrogens with one attached hydrogen (secondary N) is 1. The highest BCUT2D eigenvalue weighted by atomic mass is 35.5. The summed E-state index contributed by atoms with van der Waals surface area (Å²) >= 11 is 13.9. The molecule has 0 saturated carbocycles. The predicted molar refractivity (Wildman–Crippen MR) is 69.0 cm³/mol. The van der Waals surface area contributed by atoms with E-state index in [2.05, 4.69) is 5.32 Å². The number of hydrogen-bond donors (Lipinski definition) is 1. The van der Waals surface area contributed by atoms with E-state index in [0.29, 0.717) is 0 Å². The van der Waals surface area contributed by atoms with Gasteiger partial charge >= 0.3 is 0 Å². The minimum atomic E-state index is 0.764. The average molecular weight is 262 g/mol. The van der Waals surface area contributed by atoms with Crippen LogP contribution in [0.3, 0.4) is 0 Å². The van der Waals surface area contributed by atoms with E-state index in [1.54, 1.807) is 0 Å². The molecule has 1 aromatic rings. The molecule has 0 spiro atoms. The van der Waals surface area contributed by atoms with Crippen molar-refractivity contribution < 1.29 is 0 Å². The molecule has 1 heterocycles. The zero-order valence-corrected chi connectivity index (χ0v) is 10.6. The molecule has 0 radical (unpaired) electrons. The predicted octanol–water partition coefficient (Wildman–Crippen LogP) is 3.45. The lowest BCUT2D eigenvalue weighted by molar-refractivity contribution is 0.385. The smallest absolute Gasteiger partial charge is 0.0447 e. The Morgan fingerprint density at radius 2 is 2.13 bits per heavy atom. The van der Waals surface area contributed by atoms with Gasteiger partial charge in [0.25, 0.3) is 0 Å². The molecule has 1 aliphatic heterocycles. The minimum Gasteiger partial charge on any atom is -0.316 e. The van der Waals surface area contributed by atoms with Crippen molar-refractivity contribution in [3.05, 3.63) is 33.8 Å². The molecule has 0 atom stereocenters. The van der Waals surface area contributed by atoms with Gasteiger partial charge in [0.1, 0.15) is 0 Å². The number of hydrogen-bond acceptors (Lipinski definition) is 2. The fourth-order valence-corrected chi connectivity index (χ4v) is 3.06. The highest BCUT2D eigenvalue weighted by Gasteiger charge is 2.16. The fourth-order valence-electron chi connectivity index (χ4n) is 1.46. The van der Waals surface area contributed by atoms with Crippen LogP contribution in [0.1, 0.15) is 5.56 Å². The molecule has 0 unspecified atom stereocenters. The average Bonchev–Trinajstić information content (AvgIpc) is 2.15. The Morgan fingerprint density at radius 1 is 1.33 bits per heavy atom. The van der Waals surface area contributed by atoms with Crippen molar-refractivity contribution in [1.29, 1.82) is 0 Å². The Balaban J connectivity index is 1.83.